The first-order valence-electron chi connectivity index (χ1n) is 3.38. The summed E-state index contributed by atoms with van der Waals surface area (Å²) in [5, 5.41) is 0. The minimum Gasteiger partial charge on any atom is -0.302 e. The van der Waals surface area contributed by atoms with Crippen LogP contribution in [0.4, 0.5) is 0 Å². The summed E-state index contributed by atoms with van der Waals surface area (Å²) in [4.78, 5) is 9.18. The highest BCUT2D eigenvalue weighted by Gasteiger charge is 2.30. The van der Waals surface area contributed by atoms with Crippen LogP contribution in [-0.2, 0) is 9.68 Å². The van der Waals surface area contributed by atoms with Crippen molar-refractivity contribution in [1.82, 2.24) is 0 Å². The molecule has 0 amide bonds. The van der Waals surface area contributed by atoms with Crippen molar-refractivity contribution in [3.63, 3.8) is 0 Å². The second-order valence-corrected chi connectivity index (χ2v) is 3.48. The summed E-state index contributed by atoms with van der Waals surface area (Å²) < 4.78 is 0. The van der Waals surface area contributed by atoms with E-state index < -0.39 is 11.3 Å². The highest BCUT2D eigenvalue weighted by molar-refractivity contribution is 4.78. The van der Waals surface area contributed by atoms with E-state index in [9.17, 15) is 0 Å². The van der Waals surface area contributed by atoms with Crippen LogP contribution >= 0.6 is 0 Å². The molecule has 0 aliphatic carbocycles. The van der Waals surface area contributed by atoms with Crippen molar-refractivity contribution in [2.24, 2.45) is 17.5 Å². The second-order valence-electron chi connectivity index (χ2n) is 3.48. The van der Waals surface area contributed by atoms with E-state index in [0.29, 0.717) is 6.42 Å². The van der Waals surface area contributed by atoms with Gasteiger partial charge in [0, 0.05) is 6.42 Å². The lowest BCUT2D eigenvalue weighted by atomic mass is 9.98. The lowest BCUT2D eigenvalue weighted by Gasteiger charge is -2.30. The molecule has 6 N–H and O–H groups in total. The predicted molar refractivity (Wildman–Crippen MR) is 41.8 cm³/mol. The van der Waals surface area contributed by atoms with E-state index in [1.165, 1.54) is 0 Å². The minimum atomic E-state index is -0.900. The number of rotatable bonds is 4. The highest BCUT2D eigenvalue weighted by Crippen LogP contribution is 2.19. The summed E-state index contributed by atoms with van der Waals surface area (Å²) in [6, 6.07) is 0. The van der Waals surface area contributed by atoms with Crippen LogP contribution in [0.3, 0.4) is 0 Å². The van der Waals surface area contributed by atoms with E-state index in [2.05, 4.69) is 9.68 Å². The topological polar surface area (TPSA) is 96.5 Å². The smallest absolute Gasteiger partial charge is 0.137 e. The molecule has 0 bridgehead atoms. The molecule has 0 heterocycles. The first kappa shape index (κ1) is 10.8. The maximum absolute atomic E-state index is 5.59. The van der Waals surface area contributed by atoms with E-state index in [-0.39, 0.29) is 0 Å². The normalized spacial score (nSPS) is 18.0. The lowest BCUT2D eigenvalue weighted by Crippen LogP contribution is -2.48. The predicted octanol–water partition coefficient (Wildman–Crippen LogP) is -0.389. The van der Waals surface area contributed by atoms with Crippen molar-refractivity contribution in [2.75, 3.05) is 0 Å². The Morgan fingerprint density at radius 1 is 1.09 bits per heavy atom. The molecule has 0 fully saturated rings. The maximum Gasteiger partial charge on any atom is 0.137 e. The van der Waals surface area contributed by atoms with Crippen LogP contribution in [0, 0.1) is 0 Å². The molecule has 0 aromatic heterocycles. The van der Waals surface area contributed by atoms with Crippen molar-refractivity contribution in [3.8, 4) is 0 Å². The third-order valence-corrected chi connectivity index (χ3v) is 1.36. The zero-order valence-corrected chi connectivity index (χ0v) is 7.26. The van der Waals surface area contributed by atoms with Crippen LogP contribution in [0.5, 0.6) is 0 Å². The molecule has 5 heteroatoms. The van der Waals surface area contributed by atoms with E-state index >= 15 is 0 Å². The lowest BCUT2D eigenvalue weighted by molar-refractivity contribution is -0.109. The molecule has 1 unspecified atom stereocenters. The van der Waals surface area contributed by atoms with Crippen molar-refractivity contribution < 1.29 is 9.68 Å². The largest absolute Gasteiger partial charge is 0.302 e. The summed E-state index contributed by atoms with van der Waals surface area (Å²) in [6.07, 6.45) is 0.424. The van der Waals surface area contributed by atoms with Gasteiger partial charge in [-0.05, 0) is 20.8 Å². The van der Waals surface area contributed by atoms with Gasteiger partial charge in [0.15, 0.2) is 0 Å². The molecular formula is C6H17N3O2. The fourth-order valence-electron chi connectivity index (χ4n) is 0.929. The van der Waals surface area contributed by atoms with Gasteiger partial charge in [0.05, 0.1) is 5.60 Å². The molecule has 11 heavy (non-hydrogen) atoms. The Balaban J connectivity index is 4.02. The Morgan fingerprint density at radius 3 is 1.82 bits per heavy atom. The van der Waals surface area contributed by atoms with Gasteiger partial charge in [-0.15, -0.1) is 0 Å². The third-order valence-electron chi connectivity index (χ3n) is 1.36. The molecule has 0 aliphatic rings. The molecule has 0 rings (SSSR count). The van der Waals surface area contributed by atoms with Crippen molar-refractivity contribution in [1.29, 1.82) is 0 Å². The van der Waals surface area contributed by atoms with Gasteiger partial charge in [-0.3, -0.25) is 9.68 Å². The molecule has 0 saturated heterocycles. The van der Waals surface area contributed by atoms with Crippen LogP contribution in [0.15, 0.2) is 0 Å². The molecule has 1 atom stereocenters. The van der Waals surface area contributed by atoms with Crippen LogP contribution in [0.25, 0.3) is 0 Å². The standard InChI is InChI=1S/C6H17N3O2/c1-5(2,10-8)4-6(3,7)11-9/h4,7-9H2,1-3H3. The molecule has 0 spiro atoms. The first-order chi connectivity index (χ1) is 4.83. The zero-order valence-electron chi connectivity index (χ0n) is 7.26. The Kier molecular flexibility index (Phi) is 3.40. The van der Waals surface area contributed by atoms with Crippen molar-refractivity contribution in [2.45, 2.75) is 38.5 Å². The monoisotopic (exact) mass is 163 g/mol. The van der Waals surface area contributed by atoms with Gasteiger partial charge in [0.1, 0.15) is 5.72 Å². The number of hydrogen-bond acceptors (Lipinski definition) is 5. The summed E-state index contributed by atoms with van der Waals surface area (Å²) in [7, 11) is 0. The van der Waals surface area contributed by atoms with E-state index in [1.54, 1.807) is 20.8 Å². The molecule has 0 aliphatic heterocycles. The van der Waals surface area contributed by atoms with E-state index in [4.69, 9.17) is 17.5 Å². The van der Waals surface area contributed by atoms with Crippen molar-refractivity contribution >= 4 is 0 Å². The van der Waals surface area contributed by atoms with Gasteiger partial charge in [0.2, 0.25) is 0 Å². The Labute approximate surface area is 66.7 Å². The van der Waals surface area contributed by atoms with E-state index in [1.807, 2.05) is 0 Å². The van der Waals surface area contributed by atoms with Gasteiger partial charge in [-0.25, -0.2) is 11.8 Å². The molecule has 0 aromatic carbocycles. The molecule has 0 radical (unpaired) electrons. The molecule has 0 aromatic rings. The zero-order chi connectivity index (χ0) is 9.12. The SMILES string of the molecule is CC(C)(CC(C)(N)ON)ON. The summed E-state index contributed by atoms with van der Waals surface area (Å²) in [5.74, 6) is 9.96. The van der Waals surface area contributed by atoms with Gasteiger partial charge in [-0.2, -0.15) is 0 Å². The molecular weight excluding hydrogens is 146 g/mol. The van der Waals surface area contributed by atoms with Crippen LogP contribution in [0.2, 0.25) is 0 Å². The summed E-state index contributed by atoms with van der Waals surface area (Å²) >= 11 is 0. The Bertz CT molecular complexity index is 111. The summed E-state index contributed by atoms with van der Waals surface area (Å²) in [5.41, 5.74) is 4.17. The average Bonchev–Trinajstić information content (AvgIpc) is 1.86. The third kappa shape index (κ3) is 4.28. The molecule has 5 nitrogen and oxygen atoms in total. The van der Waals surface area contributed by atoms with Gasteiger partial charge >= 0.3 is 0 Å². The van der Waals surface area contributed by atoms with Gasteiger partial charge in [0.25, 0.3) is 0 Å². The number of hydrogen-bond donors (Lipinski definition) is 3. The fraction of sp³-hybridized carbons (Fsp3) is 1.00. The minimum absolute atomic E-state index is 0.424. The molecule has 68 valence electrons. The van der Waals surface area contributed by atoms with E-state index in [0.717, 1.165) is 0 Å². The molecule has 0 saturated carbocycles. The Morgan fingerprint density at radius 2 is 1.55 bits per heavy atom. The number of nitrogens with two attached hydrogens (primary N) is 3. The maximum atomic E-state index is 5.59. The van der Waals surface area contributed by atoms with Gasteiger partial charge in [-0.1, -0.05) is 0 Å². The average molecular weight is 163 g/mol. The van der Waals surface area contributed by atoms with Crippen LogP contribution in [0.1, 0.15) is 27.2 Å². The second kappa shape index (κ2) is 3.46. The Hall–Kier alpha value is -0.200. The van der Waals surface area contributed by atoms with Crippen LogP contribution < -0.4 is 17.5 Å². The van der Waals surface area contributed by atoms with Crippen LogP contribution in [-0.4, -0.2) is 11.3 Å². The van der Waals surface area contributed by atoms with Crippen molar-refractivity contribution in [3.05, 3.63) is 0 Å². The summed E-state index contributed by atoms with van der Waals surface area (Å²) in [6.45, 7) is 5.27. The van der Waals surface area contributed by atoms with Gasteiger partial charge < -0.3 is 5.73 Å². The fourth-order valence-corrected chi connectivity index (χ4v) is 0.929. The first-order valence-corrected chi connectivity index (χ1v) is 3.38. The quantitative estimate of drug-likeness (QED) is 0.387. The highest BCUT2D eigenvalue weighted by atomic mass is 16.7.